The fourth-order valence-electron chi connectivity index (χ4n) is 4.04. The number of fused-ring (bicyclic) bond motifs is 1. The molecule has 1 atom stereocenters. The Labute approximate surface area is 168 Å². The van der Waals surface area contributed by atoms with Crippen LogP contribution in [0.25, 0.3) is 11.0 Å². The van der Waals surface area contributed by atoms with E-state index in [0.717, 1.165) is 31.7 Å². The number of H-pyrrole nitrogens is 1. The number of anilines is 1. The van der Waals surface area contributed by atoms with Crippen molar-refractivity contribution in [3.63, 3.8) is 0 Å². The summed E-state index contributed by atoms with van der Waals surface area (Å²) in [5, 5.41) is 9.81. The van der Waals surface area contributed by atoms with Gasteiger partial charge >= 0.3 is 6.18 Å². The number of aromatic nitrogens is 4. The molecule has 3 aromatic rings. The quantitative estimate of drug-likeness (QED) is 0.666. The van der Waals surface area contributed by atoms with Gasteiger partial charge in [-0.3, -0.25) is 9.89 Å². The third-order valence-corrected chi connectivity index (χ3v) is 5.71. The predicted octanol–water partition coefficient (Wildman–Crippen LogP) is 3.79. The number of aromatic amines is 1. The summed E-state index contributed by atoms with van der Waals surface area (Å²) >= 11 is 0. The van der Waals surface area contributed by atoms with Crippen molar-refractivity contribution < 1.29 is 22.5 Å². The van der Waals surface area contributed by atoms with Gasteiger partial charge in [0.2, 0.25) is 0 Å². The average Bonchev–Trinajstić information content (AvgIpc) is 3.34. The maximum Gasteiger partial charge on any atom is 0.417 e. The molecule has 30 heavy (non-hydrogen) atoms. The molecule has 4 heterocycles. The van der Waals surface area contributed by atoms with Crippen molar-refractivity contribution in [3.8, 4) is 0 Å². The minimum Gasteiger partial charge on any atom is -0.383 e. The predicted molar refractivity (Wildman–Crippen MR) is 99.4 cm³/mol. The summed E-state index contributed by atoms with van der Waals surface area (Å²) < 4.78 is 46.4. The number of hydrogen-bond acceptors (Lipinski definition) is 6. The van der Waals surface area contributed by atoms with Gasteiger partial charge in [0.1, 0.15) is 11.6 Å². The van der Waals surface area contributed by atoms with Gasteiger partial charge in [-0.1, -0.05) is 5.16 Å². The van der Waals surface area contributed by atoms with Crippen LogP contribution in [0.4, 0.5) is 19.0 Å². The van der Waals surface area contributed by atoms with Crippen LogP contribution in [0.15, 0.2) is 16.7 Å². The summed E-state index contributed by atoms with van der Waals surface area (Å²) in [4.78, 5) is 18.9. The van der Waals surface area contributed by atoms with E-state index in [-0.39, 0.29) is 34.1 Å². The zero-order valence-corrected chi connectivity index (χ0v) is 15.9. The summed E-state index contributed by atoms with van der Waals surface area (Å²) in [7, 11) is 0. The maximum atomic E-state index is 13.7. The minimum atomic E-state index is -4.64. The van der Waals surface area contributed by atoms with Gasteiger partial charge in [0.15, 0.2) is 11.3 Å². The van der Waals surface area contributed by atoms with Gasteiger partial charge in [0, 0.05) is 18.5 Å². The van der Waals surface area contributed by atoms with Crippen LogP contribution >= 0.6 is 0 Å². The van der Waals surface area contributed by atoms with E-state index in [9.17, 15) is 18.0 Å². The zero-order valence-electron chi connectivity index (χ0n) is 15.9. The van der Waals surface area contributed by atoms with Crippen LogP contribution in [0.2, 0.25) is 0 Å². The number of rotatable bonds is 3. The van der Waals surface area contributed by atoms with Crippen LogP contribution in [0.1, 0.15) is 71.6 Å². The van der Waals surface area contributed by atoms with Gasteiger partial charge in [-0.15, -0.1) is 0 Å². The lowest BCUT2D eigenvalue weighted by atomic mass is 9.96. The molecule has 1 aliphatic carbocycles. The minimum absolute atomic E-state index is 0.118. The molecule has 1 aliphatic heterocycles. The zero-order chi connectivity index (χ0) is 21.0. The van der Waals surface area contributed by atoms with Crippen molar-refractivity contribution >= 4 is 22.8 Å². The molecular weight excluding hydrogens is 401 g/mol. The number of nitrogen functional groups attached to an aromatic ring is 1. The van der Waals surface area contributed by atoms with Crippen molar-refractivity contribution in [2.45, 2.75) is 50.2 Å². The van der Waals surface area contributed by atoms with Gasteiger partial charge < -0.3 is 15.2 Å². The molecule has 1 amide bonds. The first-order chi connectivity index (χ1) is 14.3. The van der Waals surface area contributed by atoms with Crippen LogP contribution in [0.3, 0.4) is 0 Å². The fraction of sp³-hybridized carbons (Fsp3) is 0.474. The Morgan fingerprint density at radius 2 is 2.03 bits per heavy atom. The molecule has 0 spiro atoms. The Balaban J connectivity index is 1.53. The fourth-order valence-corrected chi connectivity index (χ4v) is 4.04. The second-order valence-corrected chi connectivity index (χ2v) is 7.83. The first-order valence-electron chi connectivity index (χ1n) is 9.82. The van der Waals surface area contributed by atoms with Crippen LogP contribution in [-0.2, 0) is 6.18 Å². The van der Waals surface area contributed by atoms with E-state index >= 15 is 0 Å². The molecule has 1 saturated carbocycles. The number of nitrogens with two attached hydrogens (primary N) is 1. The SMILES string of the molecule is Nc1[nH]nc2nc(C3CCCCN3C(=O)c3cc(C4CC4)on3)cc(C(F)(F)F)c12. The van der Waals surface area contributed by atoms with Crippen molar-refractivity contribution in [1.82, 2.24) is 25.2 Å². The molecule has 3 N–H and O–H groups in total. The van der Waals surface area contributed by atoms with Crippen LogP contribution in [0, 0.1) is 0 Å². The second-order valence-electron chi connectivity index (χ2n) is 7.83. The summed E-state index contributed by atoms with van der Waals surface area (Å²) in [5.41, 5.74) is 4.92. The highest BCUT2D eigenvalue weighted by Crippen LogP contribution is 2.41. The van der Waals surface area contributed by atoms with Gasteiger partial charge in [-0.05, 0) is 38.2 Å². The molecule has 8 nitrogen and oxygen atoms in total. The van der Waals surface area contributed by atoms with E-state index < -0.39 is 17.8 Å². The molecule has 0 aromatic carbocycles. The molecule has 11 heteroatoms. The molecular formula is C19H19F3N6O2. The van der Waals surface area contributed by atoms with E-state index in [4.69, 9.17) is 10.3 Å². The summed E-state index contributed by atoms with van der Waals surface area (Å²) in [6, 6.07) is 2.00. The molecule has 2 aliphatic rings. The van der Waals surface area contributed by atoms with Crippen molar-refractivity contribution in [1.29, 1.82) is 0 Å². The van der Waals surface area contributed by atoms with Crippen LogP contribution in [-0.4, -0.2) is 37.7 Å². The number of piperidine rings is 1. The van der Waals surface area contributed by atoms with E-state index in [1.807, 2.05) is 0 Å². The number of halogens is 3. The Morgan fingerprint density at radius 3 is 2.77 bits per heavy atom. The number of carbonyl (C=O) groups excluding carboxylic acids is 1. The highest BCUT2D eigenvalue weighted by Gasteiger charge is 2.38. The second kappa shape index (κ2) is 6.71. The first kappa shape index (κ1) is 18.9. The average molecular weight is 420 g/mol. The molecule has 0 radical (unpaired) electrons. The monoisotopic (exact) mass is 420 g/mol. The smallest absolute Gasteiger partial charge is 0.383 e. The van der Waals surface area contributed by atoms with E-state index in [1.54, 1.807) is 6.07 Å². The summed E-state index contributed by atoms with van der Waals surface area (Å²) in [5.74, 6) is 0.424. The Bertz CT molecular complexity index is 1120. The third kappa shape index (κ3) is 3.17. The number of hydrogen-bond donors (Lipinski definition) is 2. The number of pyridine rings is 1. The standard InChI is InChI=1S/C19H19F3N6O2/c20-19(21,22)10-7-11(24-17-15(10)16(23)25-26-17)13-3-1-2-6-28(13)18(29)12-8-14(30-27-12)9-4-5-9/h7-9,13H,1-6H2,(H3,23,24,25,26). The van der Waals surface area contributed by atoms with Crippen molar-refractivity contribution in [2.75, 3.05) is 12.3 Å². The lowest BCUT2D eigenvalue weighted by molar-refractivity contribution is -0.136. The molecule has 0 bridgehead atoms. The van der Waals surface area contributed by atoms with Crippen molar-refractivity contribution in [3.05, 3.63) is 34.8 Å². The van der Waals surface area contributed by atoms with Gasteiger partial charge in [0.25, 0.3) is 5.91 Å². The first-order valence-corrected chi connectivity index (χ1v) is 9.82. The number of alkyl halides is 3. The highest BCUT2D eigenvalue weighted by molar-refractivity contribution is 5.93. The number of nitrogens with zero attached hydrogens (tertiary/aromatic N) is 4. The van der Waals surface area contributed by atoms with Gasteiger partial charge in [-0.2, -0.15) is 18.3 Å². The molecule has 158 valence electrons. The van der Waals surface area contributed by atoms with E-state index in [1.165, 1.54) is 4.90 Å². The van der Waals surface area contributed by atoms with Crippen LogP contribution < -0.4 is 5.73 Å². The lowest BCUT2D eigenvalue weighted by Gasteiger charge is -2.35. The van der Waals surface area contributed by atoms with E-state index in [2.05, 4.69) is 20.3 Å². The lowest BCUT2D eigenvalue weighted by Crippen LogP contribution is -2.39. The van der Waals surface area contributed by atoms with E-state index in [0.29, 0.717) is 24.6 Å². The topological polar surface area (TPSA) is 114 Å². The van der Waals surface area contributed by atoms with Crippen molar-refractivity contribution in [2.24, 2.45) is 0 Å². The Hall–Kier alpha value is -3.11. The highest BCUT2D eigenvalue weighted by atomic mass is 19.4. The van der Waals surface area contributed by atoms with Crippen LogP contribution in [0.5, 0.6) is 0 Å². The number of likely N-dealkylation sites (tertiary alicyclic amines) is 1. The van der Waals surface area contributed by atoms with Gasteiger partial charge in [0.05, 0.1) is 22.7 Å². The number of nitrogens with one attached hydrogen (secondary N) is 1. The summed E-state index contributed by atoms with van der Waals surface area (Å²) in [6.45, 7) is 0.402. The largest absolute Gasteiger partial charge is 0.417 e. The molecule has 1 unspecified atom stereocenters. The Kier molecular flexibility index (Phi) is 4.23. The number of carbonyl (C=O) groups is 1. The van der Waals surface area contributed by atoms with Gasteiger partial charge in [-0.25, -0.2) is 4.98 Å². The normalized spacial score (nSPS) is 20.1. The third-order valence-electron chi connectivity index (χ3n) is 5.71. The molecule has 1 saturated heterocycles. The molecule has 2 fully saturated rings. The molecule has 5 rings (SSSR count). The molecule has 3 aromatic heterocycles. The maximum absolute atomic E-state index is 13.7. The number of amides is 1. The Morgan fingerprint density at radius 1 is 1.23 bits per heavy atom. The summed E-state index contributed by atoms with van der Waals surface area (Å²) in [6.07, 6.45) is -0.612.